The highest BCUT2D eigenvalue weighted by atomic mass is 32.2. The first-order chi connectivity index (χ1) is 15.3. The van der Waals surface area contributed by atoms with E-state index in [9.17, 15) is 18.0 Å². The van der Waals surface area contributed by atoms with E-state index in [0.29, 0.717) is 18.8 Å². The van der Waals surface area contributed by atoms with Gasteiger partial charge in [-0.15, -0.1) is 0 Å². The number of carbonyl (C=O) groups excluding carboxylic acids is 2. The number of anilines is 2. The fraction of sp³-hybridized carbons (Fsp3) is 0.391. The fourth-order valence-corrected chi connectivity index (χ4v) is 5.13. The van der Waals surface area contributed by atoms with E-state index in [4.69, 9.17) is 0 Å². The number of rotatable bonds is 7. The summed E-state index contributed by atoms with van der Waals surface area (Å²) in [4.78, 5) is 26.6. The first-order valence-electron chi connectivity index (χ1n) is 10.8. The lowest BCUT2D eigenvalue weighted by atomic mass is 10.1. The molecule has 0 aromatic heterocycles. The minimum absolute atomic E-state index is 0.0409. The summed E-state index contributed by atoms with van der Waals surface area (Å²) in [5.74, 6) is 0.0754. The van der Waals surface area contributed by atoms with Crippen molar-refractivity contribution in [3.63, 3.8) is 0 Å². The van der Waals surface area contributed by atoms with Crippen molar-refractivity contribution in [1.29, 1.82) is 0 Å². The van der Waals surface area contributed by atoms with E-state index in [-0.39, 0.29) is 42.3 Å². The van der Waals surface area contributed by atoms with Gasteiger partial charge in [0.15, 0.2) is 0 Å². The molecule has 32 heavy (non-hydrogen) atoms. The minimum Gasteiger partial charge on any atom is -0.376 e. The molecule has 2 aliphatic rings. The smallest absolute Gasteiger partial charge is 0.243 e. The summed E-state index contributed by atoms with van der Waals surface area (Å²) in [7, 11) is -3.54. The lowest BCUT2D eigenvalue weighted by Gasteiger charge is -2.34. The maximum atomic E-state index is 12.7. The van der Waals surface area contributed by atoms with Gasteiger partial charge in [-0.05, 0) is 49.6 Å². The number of amides is 2. The minimum atomic E-state index is -3.54. The van der Waals surface area contributed by atoms with Gasteiger partial charge in [0.1, 0.15) is 0 Å². The Balaban J connectivity index is 1.30. The lowest BCUT2D eigenvalue weighted by molar-refractivity contribution is -0.130. The summed E-state index contributed by atoms with van der Waals surface area (Å²) in [6, 6.07) is 14.0. The molecule has 1 heterocycles. The van der Waals surface area contributed by atoms with E-state index in [0.717, 1.165) is 24.1 Å². The van der Waals surface area contributed by atoms with Crippen molar-refractivity contribution in [2.45, 2.75) is 24.7 Å². The van der Waals surface area contributed by atoms with Crippen molar-refractivity contribution in [3.8, 4) is 0 Å². The third kappa shape index (κ3) is 5.11. The van der Waals surface area contributed by atoms with Gasteiger partial charge in [-0.25, -0.2) is 8.42 Å². The average molecular weight is 457 g/mol. The van der Waals surface area contributed by atoms with Gasteiger partial charge >= 0.3 is 0 Å². The highest BCUT2D eigenvalue weighted by Crippen LogP contribution is 2.30. The third-order valence-electron chi connectivity index (χ3n) is 5.86. The Morgan fingerprint density at radius 1 is 1.00 bits per heavy atom. The first kappa shape index (κ1) is 22.3. The third-order valence-corrected chi connectivity index (χ3v) is 7.77. The van der Waals surface area contributed by atoms with E-state index in [1.54, 1.807) is 35.2 Å². The molecule has 1 aliphatic carbocycles. The van der Waals surface area contributed by atoms with Crippen molar-refractivity contribution in [2.24, 2.45) is 5.92 Å². The molecule has 2 aromatic rings. The molecule has 0 atom stereocenters. The fourth-order valence-electron chi connectivity index (χ4n) is 3.68. The average Bonchev–Trinajstić information content (AvgIpc) is 3.65. The summed E-state index contributed by atoms with van der Waals surface area (Å²) in [6.07, 6.45) is 1.88. The molecule has 1 saturated carbocycles. The van der Waals surface area contributed by atoms with Gasteiger partial charge in [0.25, 0.3) is 0 Å². The number of benzene rings is 2. The highest BCUT2D eigenvalue weighted by Gasteiger charge is 2.30. The van der Waals surface area contributed by atoms with Crippen molar-refractivity contribution in [1.82, 2.24) is 9.21 Å². The van der Waals surface area contributed by atoms with Crippen LogP contribution in [-0.4, -0.2) is 62.2 Å². The first-order valence-corrected chi connectivity index (χ1v) is 12.3. The van der Waals surface area contributed by atoms with E-state index in [1.165, 1.54) is 4.31 Å². The van der Waals surface area contributed by atoms with Crippen LogP contribution in [0.1, 0.15) is 18.4 Å². The van der Waals surface area contributed by atoms with Crippen molar-refractivity contribution >= 4 is 33.2 Å². The predicted molar refractivity (Wildman–Crippen MR) is 123 cm³/mol. The maximum absolute atomic E-state index is 12.7. The van der Waals surface area contributed by atoms with Crippen LogP contribution in [0.2, 0.25) is 0 Å². The van der Waals surface area contributed by atoms with Crippen LogP contribution in [-0.2, 0) is 19.6 Å². The summed E-state index contributed by atoms with van der Waals surface area (Å²) < 4.78 is 26.9. The number of nitrogens with zero attached hydrogens (tertiary/aromatic N) is 2. The van der Waals surface area contributed by atoms with Gasteiger partial charge in [-0.2, -0.15) is 4.31 Å². The van der Waals surface area contributed by atoms with Crippen LogP contribution in [0.15, 0.2) is 53.4 Å². The normalized spacial score (nSPS) is 17.1. The topological polar surface area (TPSA) is 98.8 Å². The quantitative estimate of drug-likeness (QED) is 0.666. The summed E-state index contributed by atoms with van der Waals surface area (Å²) in [6.45, 7) is 3.28. The van der Waals surface area contributed by atoms with E-state index < -0.39 is 10.0 Å². The van der Waals surface area contributed by atoms with Crippen molar-refractivity contribution in [3.05, 3.63) is 54.1 Å². The Morgan fingerprint density at radius 2 is 1.69 bits per heavy atom. The maximum Gasteiger partial charge on any atom is 0.243 e. The second-order valence-electron chi connectivity index (χ2n) is 8.24. The number of piperazine rings is 1. The summed E-state index contributed by atoms with van der Waals surface area (Å²) >= 11 is 0. The zero-order valence-electron chi connectivity index (χ0n) is 18.1. The van der Waals surface area contributed by atoms with E-state index in [1.807, 2.05) is 25.1 Å². The highest BCUT2D eigenvalue weighted by molar-refractivity contribution is 7.89. The van der Waals surface area contributed by atoms with Gasteiger partial charge in [0.05, 0.1) is 11.4 Å². The molecule has 4 rings (SSSR count). The SMILES string of the molecule is Cc1ccc(NC(=O)C2CC2)cc1NCC(=O)N1CCN(S(=O)(=O)c2ccccc2)CC1. The number of hydrogen-bond acceptors (Lipinski definition) is 5. The van der Waals surface area contributed by atoms with Crippen LogP contribution in [0.3, 0.4) is 0 Å². The number of nitrogens with one attached hydrogen (secondary N) is 2. The monoisotopic (exact) mass is 456 g/mol. The molecule has 0 spiro atoms. The molecule has 2 N–H and O–H groups in total. The summed E-state index contributed by atoms with van der Waals surface area (Å²) in [5.41, 5.74) is 2.47. The molecule has 9 heteroatoms. The van der Waals surface area contributed by atoms with Crippen molar-refractivity contribution in [2.75, 3.05) is 43.4 Å². The Hall–Kier alpha value is -2.91. The van der Waals surface area contributed by atoms with Crippen LogP contribution in [0.5, 0.6) is 0 Å². The van der Waals surface area contributed by atoms with Crippen LogP contribution in [0, 0.1) is 12.8 Å². The number of sulfonamides is 1. The second kappa shape index (κ2) is 9.30. The molecule has 170 valence electrons. The van der Waals surface area contributed by atoms with Gasteiger partial charge in [-0.1, -0.05) is 24.3 Å². The second-order valence-corrected chi connectivity index (χ2v) is 10.2. The largest absolute Gasteiger partial charge is 0.376 e. The zero-order valence-corrected chi connectivity index (χ0v) is 18.9. The number of carbonyl (C=O) groups is 2. The van der Waals surface area contributed by atoms with Crippen LogP contribution >= 0.6 is 0 Å². The Labute approximate surface area is 188 Å². The molecule has 2 amide bonds. The van der Waals surface area contributed by atoms with Crippen LogP contribution < -0.4 is 10.6 Å². The van der Waals surface area contributed by atoms with Gasteiger partial charge in [0, 0.05) is 43.5 Å². The lowest BCUT2D eigenvalue weighted by Crippen LogP contribution is -2.51. The molecule has 8 nitrogen and oxygen atoms in total. The zero-order chi connectivity index (χ0) is 22.7. The number of aryl methyl sites for hydroxylation is 1. The van der Waals surface area contributed by atoms with Crippen LogP contribution in [0.4, 0.5) is 11.4 Å². The van der Waals surface area contributed by atoms with Gasteiger partial charge in [-0.3, -0.25) is 9.59 Å². The molecule has 2 aromatic carbocycles. The molecular weight excluding hydrogens is 428 g/mol. The van der Waals surface area contributed by atoms with E-state index in [2.05, 4.69) is 10.6 Å². The molecule has 1 aliphatic heterocycles. The van der Waals surface area contributed by atoms with Gasteiger partial charge < -0.3 is 15.5 Å². The number of hydrogen-bond donors (Lipinski definition) is 2. The Morgan fingerprint density at radius 3 is 2.34 bits per heavy atom. The Kier molecular flexibility index (Phi) is 6.48. The molecule has 0 bridgehead atoms. The standard InChI is InChI=1S/C23H28N4O4S/c1-17-7-10-19(25-23(29)18-8-9-18)15-21(17)24-16-22(28)26-11-13-27(14-12-26)32(30,31)20-5-3-2-4-6-20/h2-7,10,15,18,24H,8-9,11-14,16H2,1H3,(H,25,29). The van der Waals surface area contributed by atoms with Crippen molar-refractivity contribution < 1.29 is 18.0 Å². The predicted octanol–water partition coefficient (Wildman–Crippen LogP) is 2.29. The molecule has 2 fully saturated rings. The van der Waals surface area contributed by atoms with E-state index >= 15 is 0 Å². The molecule has 1 saturated heterocycles. The Bertz CT molecular complexity index is 1090. The molecule has 0 radical (unpaired) electrons. The van der Waals surface area contributed by atoms with Crippen LogP contribution in [0.25, 0.3) is 0 Å². The molecule has 0 unspecified atom stereocenters. The van der Waals surface area contributed by atoms with Gasteiger partial charge in [0.2, 0.25) is 21.8 Å². The molecular formula is C23H28N4O4S. The summed E-state index contributed by atoms with van der Waals surface area (Å²) in [5, 5.41) is 6.08.